The van der Waals surface area contributed by atoms with E-state index in [4.69, 9.17) is 9.47 Å². The standard InChI is InChI=1S/C24H20FN3O6S2/c1-28(36(31,32)19-12-6-16(25)7-13-19)17-8-10-18(11-9-17)33-15-23(30)34-14-22(29)27-24-26-20-4-2-3-5-21(20)35-24/h2-13H,14-15H2,1H3,(H,26,27,29). The summed E-state index contributed by atoms with van der Waals surface area (Å²) < 4.78 is 50.8. The summed E-state index contributed by atoms with van der Waals surface area (Å²) in [4.78, 5) is 28.2. The van der Waals surface area contributed by atoms with E-state index in [0.717, 1.165) is 26.7 Å². The predicted molar refractivity (Wildman–Crippen MR) is 133 cm³/mol. The summed E-state index contributed by atoms with van der Waals surface area (Å²) in [6.07, 6.45) is 0. The van der Waals surface area contributed by atoms with E-state index in [1.807, 2.05) is 24.3 Å². The summed E-state index contributed by atoms with van der Waals surface area (Å²) in [6, 6.07) is 17.9. The first kappa shape index (κ1) is 25.1. The van der Waals surface area contributed by atoms with Gasteiger partial charge in [-0.25, -0.2) is 22.6 Å². The number of fused-ring (bicyclic) bond motifs is 1. The molecule has 0 spiro atoms. The third-order valence-corrected chi connectivity index (χ3v) is 7.69. The zero-order valence-corrected chi connectivity index (χ0v) is 20.5. The molecule has 0 unspecified atom stereocenters. The summed E-state index contributed by atoms with van der Waals surface area (Å²) in [7, 11) is -2.52. The van der Waals surface area contributed by atoms with Crippen LogP contribution >= 0.6 is 11.3 Å². The largest absolute Gasteiger partial charge is 0.482 e. The Hall–Kier alpha value is -4.03. The van der Waals surface area contributed by atoms with Crippen molar-refractivity contribution in [3.8, 4) is 5.75 Å². The van der Waals surface area contributed by atoms with Gasteiger partial charge in [-0.1, -0.05) is 23.5 Å². The fraction of sp³-hybridized carbons (Fsp3) is 0.125. The van der Waals surface area contributed by atoms with Crippen molar-refractivity contribution in [3.63, 3.8) is 0 Å². The lowest BCUT2D eigenvalue weighted by Gasteiger charge is -2.19. The van der Waals surface area contributed by atoms with Gasteiger partial charge in [0.1, 0.15) is 11.6 Å². The second kappa shape index (κ2) is 10.7. The maximum absolute atomic E-state index is 13.1. The van der Waals surface area contributed by atoms with Gasteiger partial charge in [-0.05, 0) is 60.7 Å². The molecular weight excluding hydrogens is 509 g/mol. The molecule has 1 N–H and O–H groups in total. The van der Waals surface area contributed by atoms with E-state index in [1.165, 1.54) is 54.8 Å². The first-order valence-electron chi connectivity index (χ1n) is 10.5. The van der Waals surface area contributed by atoms with Crippen LogP contribution in [0, 0.1) is 5.82 Å². The molecule has 186 valence electrons. The third-order valence-electron chi connectivity index (χ3n) is 4.93. The number of rotatable bonds is 9. The van der Waals surface area contributed by atoms with Gasteiger partial charge in [-0.2, -0.15) is 0 Å². The Morgan fingerprint density at radius 3 is 2.39 bits per heavy atom. The van der Waals surface area contributed by atoms with E-state index < -0.39 is 40.9 Å². The molecule has 3 aromatic carbocycles. The monoisotopic (exact) mass is 529 g/mol. The molecule has 0 saturated heterocycles. The Morgan fingerprint density at radius 2 is 1.69 bits per heavy atom. The molecule has 1 amide bonds. The molecule has 36 heavy (non-hydrogen) atoms. The number of nitrogens with zero attached hydrogens (tertiary/aromatic N) is 2. The molecule has 0 radical (unpaired) electrons. The topological polar surface area (TPSA) is 115 Å². The smallest absolute Gasteiger partial charge is 0.344 e. The van der Waals surface area contributed by atoms with Crippen molar-refractivity contribution < 1.29 is 31.9 Å². The van der Waals surface area contributed by atoms with Gasteiger partial charge in [0, 0.05) is 7.05 Å². The Morgan fingerprint density at radius 1 is 1.00 bits per heavy atom. The number of amides is 1. The maximum atomic E-state index is 13.1. The van der Waals surface area contributed by atoms with E-state index in [-0.39, 0.29) is 4.90 Å². The summed E-state index contributed by atoms with van der Waals surface area (Å²) in [5.74, 6) is -1.53. The number of carbonyl (C=O) groups excluding carboxylic acids is 2. The fourth-order valence-corrected chi connectivity index (χ4v) is 5.14. The highest BCUT2D eigenvalue weighted by atomic mass is 32.2. The van der Waals surface area contributed by atoms with Crippen LogP contribution in [-0.2, 0) is 24.3 Å². The van der Waals surface area contributed by atoms with Crippen LogP contribution in [0.15, 0.2) is 77.7 Å². The second-order valence-electron chi connectivity index (χ2n) is 7.40. The van der Waals surface area contributed by atoms with E-state index in [0.29, 0.717) is 16.6 Å². The molecule has 4 rings (SSSR count). The van der Waals surface area contributed by atoms with Gasteiger partial charge in [0.2, 0.25) is 0 Å². The van der Waals surface area contributed by atoms with Crippen LogP contribution in [0.1, 0.15) is 0 Å². The quantitative estimate of drug-likeness (QED) is 0.328. The van der Waals surface area contributed by atoms with Crippen molar-refractivity contribution >= 4 is 54.3 Å². The molecule has 0 aliphatic carbocycles. The van der Waals surface area contributed by atoms with Gasteiger partial charge in [0.15, 0.2) is 18.3 Å². The molecule has 0 fully saturated rings. The van der Waals surface area contributed by atoms with Gasteiger partial charge in [0.25, 0.3) is 15.9 Å². The van der Waals surface area contributed by atoms with Crippen LogP contribution in [0.3, 0.4) is 0 Å². The van der Waals surface area contributed by atoms with E-state index >= 15 is 0 Å². The van der Waals surface area contributed by atoms with Crippen molar-refractivity contribution in [1.82, 2.24) is 4.98 Å². The number of carbonyl (C=O) groups is 2. The van der Waals surface area contributed by atoms with Crippen LogP contribution in [-0.4, -0.2) is 45.5 Å². The van der Waals surface area contributed by atoms with Gasteiger partial charge in [0.05, 0.1) is 20.8 Å². The predicted octanol–water partition coefficient (Wildman–Crippen LogP) is 3.82. The SMILES string of the molecule is CN(c1ccc(OCC(=O)OCC(=O)Nc2nc3ccccc3s2)cc1)S(=O)(=O)c1ccc(F)cc1. The van der Waals surface area contributed by atoms with Crippen LogP contribution in [0.5, 0.6) is 5.75 Å². The highest BCUT2D eigenvalue weighted by Crippen LogP contribution is 2.26. The first-order chi connectivity index (χ1) is 17.2. The van der Waals surface area contributed by atoms with Crippen LogP contribution in [0.2, 0.25) is 0 Å². The third kappa shape index (κ3) is 5.96. The number of thiazole rings is 1. The maximum Gasteiger partial charge on any atom is 0.344 e. The highest BCUT2D eigenvalue weighted by molar-refractivity contribution is 7.92. The lowest BCUT2D eigenvalue weighted by atomic mass is 10.3. The molecule has 0 aliphatic heterocycles. The number of anilines is 2. The van der Waals surface area contributed by atoms with E-state index in [2.05, 4.69) is 10.3 Å². The number of benzene rings is 3. The van der Waals surface area contributed by atoms with E-state index in [9.17, 15) is 22.4 Å². The number of esters is 1. The average molecular weight is 530 g/mol. The number of hydrogen-bond donors (Lipinski definition) is 1. The molecule has 1 aromatic heterocycles. The summed E-state index contributed by atoms with van der Waals surface area (Å²) in [5, 5.41) is 2.98. The fourth-order valence-electron chi connectivity index (χ4n) is 3.07. The highest BCUT2D eigenvalue weighted by Gasteiger charge is 2.21. The number of nitrogens with one attached hydrogen (secondary N) is 1. The summed E-state index contributed by atoms with van der Waals surface area (Å²) in [6.45, 7) is -0.944. The van der Waals surface area contributed by atoms with Crippen molar-refractivity contribution in [2.45, 2.75) is 4.90 Å². The lowest BCUT2D eigenvalue weighted by molar-refractivity contribution is -0.149. The average Bonchev–Trinajstić information content (AvgIpc) is 3.28. The van der Waals surface area contributed by atoms with Crippen LogP contribution < -0.4 is 14.4 Å². The molecule has 0 aliphatic rings. The van der Waals surface area contributed by atoms with E-state index in [1.54, 1.807) is 0 Å². The number of para-hydroxylation sites is 1. The molecule has 0 saturated carbocycles. The Labute approximate surface area is 210 Å². The minimum Gasteiger partial charge on any atom is -0.482 e. The zero-order valence-electron chi connectivity index (χ0n) is 18.9. The van der Waals surface area contributed by atoms with Crippen molar-refractivity contribution in [3.05, 3.63) is 78.6 Å². The molecule has 0 bridgehead atoms. The molecule has 1 heterocycles. The zero-order chi connectivity index (χ0) is 25.7. The van der Waals surface area contributed by atoms with Crippen LogP contribution in [0.25, 0.3) is 10.2 Å². The van der Waals surface area contributed by atoms with Crippen LogP contribution in [0.4, 0.5) is 15.2 Å². The molecule has 0 atom stereocenters. The number of sulfonamides is 1. The molecule has 12 heteroatoms. The number of aromatic nitrogens is 1. The van der Waals surface area contributed by atoms with Crippen molar-refractivity contribution in [2.24, 2.45) is 0 Å². The van der Waals surface area contributed by atoms with Crippen molar-refractivity contribution in [1.29, 1.82) is 0 Å². The first-order valence-corrected chi connectivity index (χ1v) is 12.8. The Kier molecular flexibility index (Phi) is 7.46. The minimum absolute atomic E-state index is 0.0540. The summed E-state index contributed by atoms with van der Waals surface area (Å²) >= 11 is 1.31. The number of ether oxygens (including phenoxy) is 2. The van der Waals surface area contributed by atoms with Crippen molar-refractivity contribution in [2.75, 3.05) is 29.9 Å². The molecular formula is C24H20FN3O6S2. The Bertz CT molecular complexity index is 1460. The van der Waals surface area contributed by atoms with Gasteiger partial charge >= 0.3 is 5.97 Å². The number of halogens is 1. The number of hydrogen-bond acceptors (Lipinski definition) is 8. The Balaban J connectivity index is 1.25. The second-order valence-corrected chi connectivity index (χ2v) is 10.4. The summed E-state index contributed by atoms with van der Waals surface area (Å²) in [5.41, 5.74) is 1.09. The minimum atomic E-state index is -3.88. The van der Waals surface area contributed by atoms with Gasteiger partial charge in [-0.15, -0.1) is 0 Å². The molecule has 9 nitrogen and oxygen atoms in total. The molecule has 4 aromatic rings. The van der Waals surface area contributed by atoms with Gasteiger partial charge in [-0.3, -0.25) is 14.4 Å². The normalized spacial score (nSPS) is 11.2. The lowest BCUT2D eigenvalue weighted by Crippen LogP contribution is -2.26. The van der Waals surface area contributed by atoms with Gasteiger partial charge < -0.3 is 9.47 Å².